The molecule has 524 valence electrons. The molecule has 3 aliphatic rings. The SMILES string of the molecule is Cc1c(O)cc(C(=O)O[C@@H]2Cc3c(O)c(Cc4c(O)cc(O)c5c4O[C@H](c4cc(O)c(O)c(O)c4)[C@H](OC(=O)c4cc(O)c(O)c(O)c4)C5)c(O)c(Cc4c(O)cc(O)c5c4O[C@H](c4cc(O)c(O)c(O)c4)[C@H](OC(=O)c4cc(O)c(O)c(O)c4)C5)c3O[C@@H]2c2cc(O)c(O)c(O)c2)cc1O. The molecule has 32 nitrogen and oxygen atoms in total. The number of phenolic OH excluding ortho intramolecular Hbond substituents is 23. The minimum atomic E-state index is -1.82. The number of ether oxygens (including phenoxy) is 6. The van der Waals surface area contributed by atoms with Gasteiger partial charge in [-0.2, -0.15) is 0 Å². The molecule has 0 aliphatic carbocycles. The summed E-state index contributed by atoms with van der Waals surface area (Å²) in [6.45, 7) is 1.32. The largest absolute Gasteiger partial charge is 0.508 e. The van der Waals surface area contributed by atoms with E-state index in [-0.39, 0.29) is 33.4 Å². The van der Waals surface area contributed by atoms with Gasteiger partial charge in [0.25, 0.3) is 0 Å². The monoisotopic (exact) mass is 1400 g/mol. The van der Waals surface area contributed by atoms with Gasteiger partial charge in [0.15, 0.2) is 105 Å². The highest BCUT2D eigenvalue weighted by Gasteiger charge is 2.45. The van der Waals surface area contributed by atoms with Crippen LogP contribution in [0.5, 0.6) is 149 Å². The maximum Gasteiger partial charge on any atom is 0.338 e. The zero-order valence-electron chi connectivity index (χ0n) is 51.5. The smallest absolute Gasteiger partial charge is 0.338 e. The lowest BCUT2D eigenvalue weighted by atomic mass is 9.84. The Balaban J connectivity index is 1.04. The number of fused-ring (bicyclic) bond motifs is 3. The summed E-state index contributed by atoms with van der Waals surface area (Å²) in [7, 11) is 0. The molecule has 32 heteroatoms. The predicted molar refractivity (Wildman–Crippen MR) is 335 cm³/mol. The molecule has 23 N–H and O–H groups in total. The van der Waals surface area contributed by atoms with Crippen LogP contribution in [0.4, 0.5) is 0 Å². The van der Waals surface area contributed by atoms with Gasteiger partial charge >= 0.3 is 17.9 Å². The van der Waals surface area contributed by atoms with Crippen molar-refractivity contribution in [3.05, 3.63) is 163 Å². The van der Waals surface area contributed by atoms with Gasteiger partial charge in [-0.05, 0) is 79.7 Å². The lowest BCUT2D eigenvalue weighted by Crippen LogP contribution is -2.36. The molecule has 3 aliphatic heterocycles. The van der Waals surface area contributed by atoms with Crippen molar-refractivity contribution in [2.45, 2.75) is 75.7 Å². The molecule has 12 rings (SSSR count). The normalized spacial score (nSPS) is 17.4. The Hall–Kier alpha value is -13.8. The van der Waals surface area contributed by atoms with Gasteiger partial charge in [0.2, 0.25) is 0 Å². The second-order valence-electron chi connectivity index (χ2n) is 23.9. The Morgan fingerprint density at radius 1 is 0.297 bits per heavy atom. The standard InChI is InChI=1S/C69H56O32/c1-21-35(70)8-25(9-36(21)71)67(93)98-53-18-34-55(87)32(14-28-37(72)19-39(74)30-16-51(96-68(94)26-10-47(82)59(91)48(83)11-26)61(99-64(28)30)22-2-41(76)56(88)42(77)3-22)54(86)33(66(34)101-63(53)24-6-45(80)58(90)46(81)7-24)15-29-38(73)20-40(75)31-17-52(97-69(95)27-12-49(84)60(92)50(85)13-27)62(100-65(29)31)23-4-43(78)57(89)44(79)5-23/h2-13,19-20,51-53,61-63,70-92H,14-18H2,1H3/t51-,52-,53-,61-,62-,63-/m1/s1. The molecule has 9 aromatic rings. The number of aromatic hydroxyl groups is 23. The van der Waals surface area contributed by atoms with Crippen LogP contribution in [0.3, 0.4) is 0 Å². The summed E-state index contributed by atoms with van der Waals surface area (Å²) in [5.74, 6) is -26.7. The Kier molecular flexibility index (Phi) is 16.6. The van der Waals surface area contributed by atoms with E-state index in [4.69, 9.17) is 28.4 Å². The molecular weight excluding hydrogens is 1340 g/mol. The summed E-state index contributed by atoms with van der Waals surface area (Å²) in [6, 6.07) is 11.5. The third-order valence-corrected chi connectivity index (χ3v) is 17.5. The van der Waals surface area contributed by atoms with Crippen LogP contribution in [-0.4, -0.2) is 154 Å². The van der Waals surface area contributed by atoms with E-state index in [9.17, 15) is 132 Å². The quantitative estimate of drug-likeness (QED) is 0.0310. The fraction of sp³-hybridized carbons (Fsp3) is 0.174. The molecule has 0 radical (unpaired) electrons. The highest BCUT2D eigenvalue weighted by molar-refractivity contribution is 5.93. The second kappa shape index (κ2) is 25.0. The number of benzene rings is 9. The van der Waals surface area contributed by atoms with Crippen LogP contribution in [-0.2, 0) is 46.3 Å². The van der Waals surface area contributed by atoms with Crippen molar-refractivity contribution in [1.82, 2.24) is 0 Å². The van der Waals surface area contributed by atoms with Crippen LogP contribution in [0.15, 0.2) is 84.9 Å². The van der Waals surface area contributed by atoms with Gasteiger partial charge in [-0.3, -0.25) is 0 Å². The molecule has 0 spiro atoms. The van der Waals surface area contributed by atoms with E-state index >= 15 is 0 Å². The first-order valence-corrected chi connectivity index (χ1v) is 29.8. The lowest BCUT2D eigenvalue weighted by Gasteiger charge is -2.37. The number of phenols is 23. The average molecular weight is 1400 g/mol. The Morgan fingerprint density at radius 2 is 0.554 bits per heavy atom. The summed E-state index contributed by atoms with van der Waals surface area (Å²) in [5.41, 5.74) is -5.60. The molecule has 9 aromatic carbocycles. The van der Waals surface area contributed by atoms with Crippen molar-refractivity contribution in [3.8, 4) is 149 Å². The van der Waals surface area contributed by atoms with Gasteiger partial charge in [-0.15, -0.1) is 0 Å². The van der Waals surface area contributed by atoms with E-state index in [0.717, 1.165) is 84.9 Å². The molecule has 0 saturated carbocycles. The van der Waals surface area contributed by atoms with Gasteiger partial charge in [0, 0.05) is 105 Å². The fourth-order valence-electron chi connectivity index (χ4n) is 12.3. The van der Waals surface area contributed by atoms with Crippen LogP contribution in [0.1, 0.15) is 111 Å². The summed E-state index contributed by atoms with van der Waals surface area (Å²) < 4.78 is 37.2. The molecule has 0 unspecified atom stereocenters. The highest BCUT2D eigenvalue weighted by Crippen LogP contribution is 2.57. The zero-order valence-corrected chi connectivity index (χ0v) is 51.5. The minimum Gasteiger partial charge on any atom is -0.508 e. The van der Waals surface area contributed by atoms with E-state index in [2.05, 4.69) is 0 Å². The highest BCUT2D eigenvalue weighted by atomic mass is 16.6. The summed E-state index contributed by atoms with van der Waals surface area (Å²) in [4.78, 5) is 42.0. The van der Waals surface area contributed by atoms with Crippen molar-refractivity contribution >= 4 is 17.9 Å². The molecule has 3 heterocycles. The third kappa shape index (κ3) is 11.9. The summed E-state index contributed by atoms with van der Waals surface area (Å²) in [5, 5.41) is 252. The van der Waals surface area contributed by atoms with Crippen LogP contribution >= 0.6 is 0 Å². The van der Waals surface area contributed by atoms with Gasteiger partial charge in [0.05, 0.1) is 16.7 Å². The van der Waals surface area contributed by atoms with Crippen molar-refractivity contribution in [3.63, 3.8) is 0 Å². The van der Waals surface area contributed by atoms with E-state index < -0.39 is 281 Å². The van der Waals surface area contributed by atoms with Gasteiger partial charge in [-0.1, -0.05) is 0 Å². The maximum absolute atomic E-state index is 14.3. The van der Waals surface area contributed by atoms with Crippen molar-refractivity contribution < 1.29 is 160 Å². The van der Waals surface area contributed by atoms with Gasteiger partial charge in [-0.25, -0.2) is 14.4 Å². The lowest BCUT2D eigenvalue weighted by molar-refractivity contribution is -0.0197. The van der Waals surface area contributed by atoms with Gasteiger partial charge < -0.3 is 146 Å². The molecule has 0 aromatic heterocycles. The third-order valence-electron chi connectivity index (χ3n) is 17.5. The first-order valence-electron chi connectivity index (χ1n) is 29.8. The van der Waals surface area contributed by atoms with E-state index in [1.54, 1.807) is 0 Å². The zero-order chi connectivity index (χ0) is 73.0. The molecule has 0 amide bonds. The number of carbonyl (C=O) groups is 3. The Bertz CT molecular complexity index is 4860. The number of esters is 3. The molecule has 0 saturated heterocycles. The maximum atomic E-state index is 14.3. The van der Waals surface area contributed by atoms with Crippen molar-refractivity contribution in [1.29, 1.82) is 0 Å². The van der Waals surface area contributed by atoms with Crippen LogP contribution in [0, 0.1) is 6.92 Å². The topological polar surface area (TPSA) is 572 Å². The first kappa shape index (κ1) is 67.2. The van der Waals surface area contributed by atoms with E-state index in [1.165, 1.54) is 6.92 Å². The number of rotatable bonds is 13. The van der Waals surface area contributed by atoms with Crippen LogP contribution in [0.25, 0.3) is 0 Å². The number of hydrogen-bond donors (Lipinski definition) is 23. The minimum absolute atomic E-state index is 0.0499. The Labute approximate surface area is 564 Å². The molecule has 6 atom stereocenters. The van der Waals surface area contributed by atoms with E-state index in [0.29, 0.717) is 0 Å². The molecule has 101 heavy (non-hydrogen) atoms. The number of carbonyl (C=O) groups excluding carboxylic acids is 3. The second-order valence-corrected chi connectivity index (χ2v) is 23.9. The Morgan fingerprint density at radius 3 is 0.861 bits per heavy atom. The van der Waals surface area contributed by atoms with Crippen LogP contribution in [0.2, 0.25) is 0 Å². The van der Waals surface area contributed by atoms with Crippen molar-refractivity contribution in [2.75, 3.05) is 0 Å². The van der Waals surface area contributed by atoms with Gasteiger partial charge in [0.1, 0.15) is 81.6 Å². The van der Waals surface area contributed by atoms with Crippen molar-refractivity contribution in [2.24, 2.45) is 0 Å². The summed E-state index contributed by atoms with van der Waals surface area (Å²) in [6.07, 6.45) is -14.5. The first-order chi connectivity index (χ1) is 47.7. The average Bonchev–Trinajstić information content (AvgIpc) is 0.737. The molecule has 0 fully saturated rings. The molecule has 0 bridgehead atoms. The molecular formula is C69H56O32. The summed E-state index contributed by atoms with van der Waals surface area (Å²) >= 11 is 0. The van der Waals surface area contributed by atoms with E-state index in [1.807, 2.05) is 0 Å². The van der Waals surface area contributed by atoms with Crippen LogP contribution < -0.4 is 14.2 Å². The number of hydrogen-bond acceptors (Lipinski definition) is 32. The predicted octanol–water partition coefficient (Wildman–Crippen LogP) is 7.11. The fourth-order valence-corrected chi connectivity index (χ4v) is 12.3.